The second-order valence-electron chi connectivity index (χ2n) is 7.78. The summed E-state index contributed by atoms with van der Waals surface area (Å²) in [5, 5.41) is 2.92. The number of aryl methyl sites for hydroxylation is 1. The molecule has 0 aliphatic carbocycles. The zero-order valence-electron chi connectivity index (χ0n) is 17.5. The lowest BCUT2D eigenvalue weighted by atomic mass is 10.0. The normalized spacial score (nSPS) is 14.6. The van der Waals surface area contributed by atoms with Crippen LogP contribution in [0.15, 0.2) is 47.4 Å². The highest BCUT2D eigenvalue weighted by Crippen LogP contribution is 2.24. The summed E-state index contributed by atoms with van der Waals surface area (Å²) in [5.74, 6) is 0. The van der Waals surface area contributed by atoms with E-state index in [1.54, 1.807) is 30.1 Å². The Labute approximate surface area is 173 Å². The van der Waals surface area contributed by atoms with Gasteiger partial charge in [-0.25, -0.2) is 13.2 Å². The van der Waals surface area contributed by atoms with E-state index in [0.29, 0.717) is 18.8 Å². The van der Waals surface area contributed by atoms with Gasteiger partial charge >= 0.3 is 6.03 Å². The van der Waals surface area contributed by atoms with Gasteiger partial charge in [-0.2, -0.15) is 4.31 Å². The molecule has 1 aliphatic heterocycles. The van der Waals surface area contributed by atoms with E-state index in [-0.39, 0.29) is 17.0 Å². The summed E-state index contributed by atoms with van der Waals surface area (Å²) in [6.07, 6.45) is 1.63. The number of rotatable bonds is 4. The highest BCUT2D eigenvalue weighted by Gasteiger charge is 2.24. The van der Waals surface area contributed by atoms with Gasteiger partial charge in [0.25, 0.3) is 0 Å². The molecule has 1 aliphatic rings. The molecule has 2 aromatic carbocycles. The predicted octanol–water partition coefficient (Wildman–Crippen LogP) is 3.66. The standard InChI is InChI=1S/C22H29N3O3S/c1-16(2)24(4)29(27,28)20-10-9-17(3)21(15-20)23-22(26)25-13-11-18-7-5-6-8-19(18)12-14-25/h5-10,15-16H,11-14H2,1-4H3,(H,23,26). The number of nitrogens with zero attached hydrogens (tertiary/aromatic N) is 2. The lowest BCUT2D eigenvalue weighted by Crippen LogP contribution is -2.37. The number of urea groups is 1. The summed E-state index contributed by atoms with van der Waals surface area (Å²) in [4.78, 5) is 14.9. The SMILES string of the molecule is Cc1ccc(S(=O)(=O)N(C)C(C)C)cc1NC(=O)N1CCc2ccccc2CC1. The summed E-state index contributed by atoms with van der Waals surface area (Å²) in [6.45, 7) is 6.78. The van der Waals surface area contributed by atoms with Gasteiger partial charge in [-0.3, -0.25) is 0 Å². The van der Waals surface area contributed by atoms with Crippen LogP contribution in [-0.2, 0) is 22.9 Å². The molecular weight excluding hydrogens is 386 g/mol. The van der Waals surface area contributed by atoms with Crippen LogP contribution in [0.4, 0.5) is 10.5 Å². The maximum absolute atomic E-state index is 12.9. The van der Waals surface area contributed by atoms with Gasteiger partial charge in [0.1, 0.15) is 0 Å². The van der Waals surface area contributed by atoms with Crippen molar-refractivity contribution in [3.8, 4) is 0 Å². The Bertz CT molecular complexity index is 975. The molecule has 29 heavy (non-hydrogen) atoms. The number of fused-ring (bicyclic) bond motifs is 1. The lowest BCUT2D eigenvalue weighted by molar-refractivity contribution is 0.214. The quantitative estimate of drug-likeness (QED) is 0.829. The smallest absolute Gasteiger partial charge is 0.321 e. The first-order valence-electron chi connectivity index (χ1n) is 9.91. The largest absolute Gasteiger partial charge is 0.324 e. The molecule has 1 heterocycles. The molecule has 0 atom stereocenters. The van der Waals surface area contributed by atoms with Crippen molar-refractivity contribution < 1.29 is 13.2 Å². The fraction of sp³-hybridized carbons (Fsp3) is 0.409. The molecule has 2 aromatic rings. The van der Waals surface area contributed by atoms with E-state index in [9.17, 15) is 13.2 Å². The minimum absolute atomic E-state index is 0.155. The van der Waals surface area contributed by atoms with Crippen molar-refractivity contribution in [1.29, 1.82) is 0 Å². The molecular formula is C22H29N3O3S. The van der Waals surface area contributed by atoms with Crippen LogP contribution in [0.25, 0.3) is 0 Å². The Morgan fingerprint density at radius 1 is 1.07 bits per heavy atom. The fourth-order valence-corrected chi connectivity index (χ4v) is 4.80. The zero-order valence-corrected chi connectivity index (χ0v) is 18.3. The number of carbonyl (C=O) groups excluding carboxylic acids is 1. The maximum atomic E-state index is 12.9. The van der Waals surface area contributed by atoms with Gasteiger partial charge in [-0.15, -0.1) is 0 Å². The first-order valence-corrected chi connectivity index (χ1v) is 11.4. The summed E-state index contributed by atoms with van der Waals surface area (Å²) in [7, 11) is -2.05. The molecule has 1 N–H and O–H groups in total. The van der Waals surface area contributed by atoms with Crippen LogP contribution < -0.4 is 5.32 Å². The summed E-state index contributed by atoms with van der Waals surface area (Å²) in [5.41, 5.74) is 3.91. The molecule has 6 nitrogen and oxygen atoms in total. The highest BCUT2D eigenvalue weighted by atomic mass is 32.2. The third-order valence-corrected chi connectivity index (χ3v) is 7.59. The number of nitrogens with one attached hydrogen (secondary N) is 1. The van der Waals surface area contributed by atoms with Gasteiger partial charge in [-0.05, 0) is 62.4 Å². The Morgan fingerprint density at radius 2 is 1.66 bits per heavy atom. The Balaban J connectivity index is 1.77. The van der Waals surface area contributed by atoms with Crippen LogP contribution in [0.1, 0.15) is 30.5 Å². The van der Waals surface area contributed by atoms with Crippen LogP contribution in [0.2, 0.25) is 0 Å². The van der Waals surface area contributed by atoms with Gasteiger partial charge in [0.05, 0.1) is 4.90 Å². The van der Waals surface area contributed by atoms with E-state index in [0.717, 1.165) is 18.4 Å². The molecule has 0 saturated heterocycles. The van der Waals surface area contributed by atoms with Gasteiger partial charge in [0, 0.05) is 31.9 Å². The third kappa shape index (κ3) is 4.62. The summed E-state index contributed by atoms with van der Waals surface area (Å²) >= 11 is 0. The van der Waals surface area contributed by atoms with Gasteiger partial charge < -0.3 is 10.2 Å². The van der Waals surface area contributed by atoms with Crippen LogP contribution in [0, 0.1) is 6.92 Å². The van der Waals surface area contributed by atoms with Crippen molar-refractivity contribution in [3.05, 3.63) is 59.2 Å². The van der Waals surface area contributed by atoms with Crippen molar-refractivity contribution in [2.75, 3.05) is 25.5 Å². The zero-order chi connectivity index (χ0) is 21.2. The van der Waals surface area contributed by atoms with Gasteiger partial charge in [0.15, 0.2) is 0 Å². The van der Waals surface area contributed by atoms with Crippen LogP contribution in [0.5, 0.6) is 0 Å². The van der Waals surface area contributed by atoms with E-state index in [1.165, 1.54) is 15.4 Å². The Kier molecular flexibility index (Phi) is 6.29. The van der Waals surface area contributed by atoms with Crippen molar-refractivity contribution in [1.82, 2.24) is 9.21 Å². The predicted molar refractivity (Wildman–Crippen MR) is 116 cm³/mol. The first-order chi connectivity index (χ1) is 13.7. The molecule has 3 rings (SSSR count). The van der Waals surface area contributed by atoms with E-state index in [2.05, 4.69) is 17.4 Å². The summed E-state index contributed by atoms with van der Waals surface area (Å²) < 4.78 is 26.9. The average Bonchev–Trinajstić information content (AvgIpc) is 2.91. The number of hydrogen-bond acceptors (Lipinski definition) is 3. The monoisotopic (exact) mass is 415 g/mol. The van der Waals surface area contributed by atoms with Crippen molar-refractivity contribution in [2.24, 2.45) is 0 Å². The van der Waals surface area contributed by atoms with Gasteiger partial charge in [-0.1, -0.05) is 30.3 Å². The van der Waals surface area contributed by atoms with Crippen LogP contribution in [-0.4, -0.2) is 49.8 Å². The van der Waals surface area contributed by atoms with Crippen molar-refractivity contribution in [2.45, 2.75) is 44.6 Å². The van der Waals surface area contributed by atoms with Gasteiger partial charge in [0.2, 0.25) is 10.0 Å². The molecule has 156 valence electrons. The molecule has 0 saturated carbocycles. The molecule has 0 aromatic heterocycles. The minimum Gasteiger partial charge on any atom is -0.324 e. The number of benzene rings is 2. The molecule has 0 bridgehead atoms. The first kappa shape index (κ1) is 21.3. The fourth-order valence-electron chi connectivity index (χ4n) is 3.41. The van der Waals surface area contributed by atoms with Crippen LogP contribution in [0.3, 0.4) is 0 Å². The number of anilines is 1. The van der Waals surface area contributed by atoms with E-state index < -0.39 is 10.0 Å². The van der Waals surface area contributed by atoms with Crippen molar-refractivity contribution >= 4 is 21.7 Å². The molecule has 0 unspecified atom stereocenters. The number of hydrogen-bond donors (Lipinski definition) is 1. The average molecular weight is 416 g/mol. The highest BCUT2D eigenvalue weighted by molar-refractivity contribution is 7.89. The number of amides is 2. The second kappa shape index (κ2) is 8.55. The Hall–Kier alpha value is -2.38. The second-order valence-corrected chi connectivity index (χ2v) is 9.78. The summed E-state index contributed by atoms with van der Waals surface area (Å²) in [6, 6.07) is 12.8. The molecule has 0 spiro atoms. The maximum Gasteiger partial charge on any atom is 0.321 e. The lowest BCUT2D eigenvalue weighted by Gasteiger charge is -2.23. The molecule has 2 amide bonds. The van der Waals surface area contributed by atoms with Crippen molar-refractivity contribution in [3.63, 3.8) is 0 Å². The number of carbonyl (C=O) groups is 1. The van der Waals surface area contributed by atoms with Crippen LogP contribution >= 0.6 is 0 Å². The number of sulfonamides is 1. The van der Waals surface area contributed by atoms with E-state index in [1.807, 2.05) is 32.9 Å². The van der Waals surface area contributed by atoms with E-state index in [4.69, 9.17) is 0 Å². The molecule has 0 fully saturated rings. The van der Waals surface area contributed by atoms with E-state index >= 15 is 0 Å². The topological polar surface area (TPSA) is 69.7 Å². The molecule has 7 heteroatoms. The molecule has 0 radical (unpaired) electrons. The third-order valence-electron chi connectivity index (χ3n) is 5.56. The minimum atomic E-state index is -3.61. The Morgan fingerprint density at radius 3 is 2.21 bits per heavy atom.